The van der Waals surface area contributed by atoms with Crippen molar-refractivity contribution in [2.24, 2.45) is 0 Å². The molecule has 1 aromatic rings. The molecule has 2 aliphatic rings. The van der Waals surface area contributed by atoms with E-state index in [0.29, 0.717) is 0 Å². The van der Waals surface area contributed by atoms with Crippen LogP contribution in [0.4, 0.5) is 5.69 Å². The molecular formula is C17H26ClN3. The van der Waals surface area contributed by atoms with Gasteiger partial charge in [0.2, 0.25) is 0 Å². The van der Waals surface area contributed by atoms with Crippen LogP contribution in [0.3, 0.4) is 0 Å². The summed E-state index contributed by atoms with van der Waals surface area (Å²) < 4.78 is 0. The topological polar surface area (TPSA) is 18.5 Å². The smallest absolute Gasteiger partial charge is 0.0412 e. The molecule has 0 bridgehead atoms. The molecule has 1 saturated heterocycles. The van der Waals surface area contributed by atoms with Crippen LogP contribution < -0.4 is 10.2 Å². The number of halogens is 1. The maximum Gasteiger partial charge on any atom is 0.0412 e. The molecule has 2 fully saturated rings. The molecule has 1 aliphatic heterocycles. The zero-order valence-electron chi connectivity index (χ0n) is 13.1. The SMILES string of the molecule is CN(C)C1CCN(c2ccc(Cl)cc2CNC2CC2)CC1. The molecule has 1 heterocycles. The van der Waals surface area contributed by atoms with Crippen molar-refractivity contribution in [3.05, 3.63) is 28.8 Å². The minimum atomic E-state index is 0.724. The molecule has 0 atom stereocenters. The monoisotopic (exact) mass is 307 g/mol. The van der Waals surface area contributed by atoms with Gasteiger partial charge in [-0.25, -0.2) is 0 Å². The highest BCUT2D eigenvalue weighted by atomic mass is 35.5. The van der Waals surface area contributed by atoms with E-state index in [9.17, 15) is 0 Å². The van der Waals surface area contributed by atoms with E-state index in [1.165, 1.54) is 36.9 Å². The summed E-state index contributed by atoms with van der Waals surface area (Å²) in [6.07, 6.45) is 5.13. The van der Waals surface area contributed by atoms with E-state index in [0.717, 1.165) is 36.7 Å². The Bertz CT molecular complexity index is 477. The van der Waals surface area contributed by atoms with Gasteiger partial charge in [0.25, 0.3) is 0 Å². The Balaban J connectivity index is 1.68. The highest BCUT2D eigenvalue weighted by Crippen LogP contribution is 2.29. The lowest BCUT2D eigenvalue weighted by atomic mass is 10.0. The Morgan fingerprint density at radius 1 is 1.19 bits per heavy atom. The Morgan fingerprint density at radius 3 is 2.52 bits per heavy atom. The van der Waals surface area contributed by atoms with Crippen molar-refractivity contribution in [1.82, 2.24) is 10.2 Å². The second kappa shape index (κ2) is 6.55. The lowest BCUT2D eigenvalue weighted by molar-refractivity contribution is 0.249. The van der Waals surface area contributed by atoms with Gasteiger partial charge in [0.1, 0.15) is 0 Å². The van der Waals surface area contributed by atoms with E-state index in [-0.39, 0.29) is 0 Å². The van der Waals surface area contributed by atoms with E-state index >= 15 is 0 Å². The number of nitrogens with zero attached hydrogens (tertiary/aromatic N) is 2. The van der Waals surface area contributed by atoms with Crippen LogP contribution in [0.1, 0.15) is 31.2 Å². The molecule has 4 heteroatoms. The molecule has 1 aliphatic carbocycles. The second-order valence-electron chi connectivity index (χ2n) is 6.61. The van der Waals surface area contributed by atoms with Crippen LogP contribution in [-0.4, -0.2) is 44.2 Å². The lowest BCUT2D eigenvalue weighted by Gasteiger charge is -2.37. The normalized spacial score (nSPS) is 20.3. The van der Waals surface area contributed by atoms with Crippen molar-refractivity contribution in [2.45, 2.75) is 44.3 Å². The summed E-state index contributed by atoms with van der Waals surface area (Å²) in [7, 11) is 4.38. The fourth-order valence-corrected chi connectivity index (χ4v) is 3.36. The van der Waals surface area contributed by atoms with Crippen LogP contribution in [0.5, 0.6) is 0 Å². The number of piperidine rings is 1. The van der Waals surface area contributed by atoms with Crippen LogP contribution in [0.15, 0.2) is 18.2 Å². The lowest BCUT2D eigenvalue weighted by Crippen LogP contribution is -2.42. The van der Waals surface area contributed by atoms with Crippen LogP contribution in [0, 0.1) is 0 Å². The molecule has 3 nitrogen and oxygen atoms in total. The van der Waals surface area contributed by atoms with E-state index < -0.39 is 0 Å². The van der Waals surface area contributed by atoms with Crippen molar-refractivity contribution in [2.75, 3.05) is 32.1 Å². The number of anilines is 1. The van der Waals surface area contributed by atoms with Crippen LogP contribution in [-0.2, 0) is 6.54 Å². The molecule has 0 spiro atoms. The molecule has 116 valence electrons. The Labute approximate surface area is 133 Å². The first kappa shape index (κ1) is 15.1. The van der Waals surface area contributed by atoms with Gasteiger partial charge in [-0.1, -0.05) is 11.6 Å². The minimum absolute atomic E-state index is 0.724. The Kier molecular flexibility index (Phi) is 4.72. The van der Waals surface area contributed by atoms with Gasteiger partial charge in [-0.15, -0.1) is 0 Å². The summed E-state index contributed by atoms with van der Waals surface area (Å²) in [4.78, 5) is 4.88. The van der Waals surface area contributed by atoms with Gasteiger partial charge in [-0.05, 0) is 63.5 Å². The molecule has 1 N–H and O–H groups in total. The average molecular weight is 308 g/mol. The van der Waals surface area contributed by atoms with Gasteiger partial charge in [0.05, 0.1) is 0 Å². The maximum absolute atomic E-state index is 6.20. The molecule has 3 rings (SSSR count). The molecular weight excluding hydrogens is 282 g/mol. The van der Waals surface area contributed by atoms with Gasteiger partial charge in [0.15, 0.2) is 0 Å². The predicted octanol–water partition coefficient (Wildman–Crippen LogP) is 3.12. The van der Waals surface area contributed by atoms with E-state index in [1.54, 1.807) is 0 Å². The molecule has 0 unspecified atom stereocenters. The number of benzene rings is 1. The standard InChI is InChI=1S/C17H26ClN3/c1-20(2)16-7-9-21(10-8-16)17-6-3-14(18)11-13(17)12-19-15-4-5-15/h3,6,11,15-16,19H,4-5,7-10,12H2,1-2H3. The molecule has 1 saturated carbocycles. The van der Waals surface area contributed by atoms with Gasteiger partial charge < -0.3 is 15.1 Å². The third-order valence-electron chi connectivity index (χ3n) is 4.74. The summed E-state index contributed by atoms with van der Waals surface area (Å²) >= 11 is 6.20. The summed E-state index contributed by atoms with van der Waals surface area (Å²) in [6, 6.07) is 7.81. The van der Waals surface area contributed by atoms with Crippen LogP contribution >= 0.6 is 11.6 Å². The van der Waals surface area contributed by atoms with Crippen molar-refractivity contribution < 1.29 is 0 Å². The summed E-state index contributed by atoms with van der Waals surface area (Å²) in [5, 5.41) is 4.46. The van der Waals surface area contributed by atoms with Crippen LogP contribution in [0.2, 0.25) is 5.02 Å². The number of hydrogen-bond donors (Lipinski definition) is 1. The molecule has 0 radical (unpaired) electrons. The fraction of sp³-hybridized carbons (Fsp3) is 0.647. The van der Waals surface area contributed by atoms with E-state index in [2.05, 4.69) is 41.3 Å². The average Bonchev–Trinajstić information content (AvgIpc) is 3.29. The van der Waals surface area contributed by atoms with Gasteiger partial charge in [0, 0.05) is 42.4 Å². The summed E-state index contributed by atoms with van der Waals surface area (Å²) in [5.41, 5.74) is 2.71. The number of rotatable bonds is 5. The number of hydrogen-bond acceptors (Lipinski definition) is 3. The van der Waals surface area contributed by atoms with Crippen molar-refractivity contribution >= 4 is 17.3 Å². The number of nitrogens with one attached hydrogen (secondary N) is 1. The highest BCUT2D eigenvalue weighted by molar-refractivity contribution is 6.30. The summed E-state index contributed by atoms with van der Waals surface area (Å²) in [6.45, 7) is 3.22. The Hall–Kier alpha value is -0.770. The second-order valence-corrected chi connectivity index (χ2v) is 7.05. The van der Waals surface area contributed by atoms with Crippen molar-refractivity contribution in [3.63, 3.8) is 0 Å². The maximum atomic E-state index is 6.20. The zero-order chi connectivity index (χ0) is 14.8. The molecule has 21 heavy (non-hydrogen) atoms. The van der Waals surface area contributed by atoms with Crippen molar-refractivity contribution in [3.8, 4) is 0 Å². The summed E-state index contributed by atoms with van der Waals surface area (Å²) in [5.74, 6) is 0. The van der Waals surface area contributed by atoms with E-state index in [1.807, 2.05) is 6.07 Å². The van der Waals surface area contributed by atoms with E-state index in [4.69, 9.17) is 11.6 Å². The highest BCUT2D eigenvalue weighted by Gasteiger charge is 2.24. The van der Waals surface area contributed by atoms with Gasteiger partial charge in [-0.3, -0.25) is 0 Å². The first-order valence-electron chi connectivity index (χ1n) is 8.06. The molecule has 0 aromatic heterocycles. The quantitative estimate of drug-likeness (QED) is 0.901. The van der Waals surface area contributed by atoms with Gasteiger partial charge in [-0.2, -0.15) is 0 Å². The van der Waals surface area contributed by atoms with Crippen LogP contribution in [0.25, 0.3) is 0 Å². The molecule has 1 aromatic carbocycles. The Morgan fingerprint density at radius 2 is 1.90 bits per heavy atom. The fourth-order valence-electron chi connectivity index (χ4n) is 3.17. The largest absolute Gasteiger partial charge is 0.371 e. The van der Waals surface area contributed by atoms with Gasteiger partial charge >= 0.3 is 0 Å². The third kappa shape index (κ3) is 3.91. The van der Waals surface area contributed by atoms with Crippen molar-refractivity contribution in [1.29, 1.82) is 0 Å². The first-order valence-corrected chi connectivity index (χ1v) is 8.44. The first-order chi connectivity index (χ1) is 10.1. The molecule has 0 amide bonds. The minimum Gasteiger partial charge on any atom is -0.371 e. The zero-order valence-corrected chi connectivity index (χ0v) is 13.9. The predicted molar refractivity (Wildman–Crippen MR) is 90.2 cm³/mol. The third-order valence-corrected chi connectivity index (χ3v) is 4.97.